The highest BCUT2D eigenvalue weighted by molar-refractivity contribution is 7.13. The molecular weight excluding hydrogens is 322 g/mol. The average Bonchev–Trinajstić information content (AvgIpc) is 3.30. The summed E-state index contributed by atoms with van der Waals surface area (Å²) in [5.74, 6) is 1.73. The third kappa shape index (κ3) is 2.38. The van der Waals surface area contributed by atoms with Crippen molar-refractivity contribution in [2.45, 2.75) is 51.1 Å². The molecule has 0 spiro atoms. The summed E-state index contributed by atoms with van der Waals surface area (Å²) in [5.41, 5.74) is 2.60. The van der Waals surface area contributed by atoms with Crippen molar-refractivity contribution in [2.24, 2.45) is 0 Å². The van der Waals surface area contributed by atoms with Crippen molar-refractivity contribution in [3.63, 3.8) is 0 Å². The quantitative estimate of drug-likeness (QED) is 0.857. The Kier molecular flexibility index (Phi) is 3.96. The van der Waals surface area contributed by atoms with Gasteiger partial charge in [-0.05, 0) is 19.3 Å². The van der Waals surface area contributed by atoms with Gasteiger partial charge in [0.15, 0.2) is 11.6 Å². The van der Waals surface area contributed by atoms with E-state index in [9.17, 15) is 4.79 Å². The Labute approximate surface area is 145 Å². The summed E-state index contributed by atoms with van der Waals surface area (Å²) in [7, 11) is 1.82. The summed E-state index contributed by atoms with van der Waals surface area (Å²) < 4.78 is 0. The lowest BCUT2D eigenvalue weighted by molar-refractivity contribution is -0.120. The SMILES string of the molecule is CCC1C(=O)N(C)c2cnc(-c3cncs3)nc2N1C1CCCC1. The standard InChI is InChI=1S/C17H21N5OS/c1-3-12-17(23)21(2)13-8-19-15(14-9-18-10-24-14)20-16(13)22(12)11-6-4-5-7-11/h8-12H,3-7H2,1-2H3. The van der Waals surface area contributed by atoms with Gasteiger partial charge in [0, 0.05) is 19.3 Å². The molecule has 24 heavy (non-hydrogen) atoms. The largest absolute Gasteiger partial charge is 0.340 e. The summed E-state index contributed by atoms with van der Waals surface area (Å²) in [4.78, 5) is 31.2. The Balaban J connectivity index is 1.84. The number of hydrogen-bond donors (Lipinski definition) is 0. The van der Waals surface area contributed by atoms with Gasteiger partial charge in [-0.25, -0.2) is 9.97 Å². The molecule has 0 N–H and O–H groups in total. The molecule has 1 unspecified atom stereocenters. The van der Waals surface area contributed by atoms with Crippen LogP contribution in [0.1, 0.15) is 39.0 Å². The Morgan fingerprint density at radius 1 is 1.29 bits per heavy atom. The molecule has 4 rings (SSSR count). The van der Waals surface area contributed by atoms with Crippen LogP contribution < -0.4 is 9.80 Å². The first-order valence-electron chi connectivity index (χ1n) is 8.52. The zero-order valence-corrected chi connectivity index (χ0v) is 14.8. The lowest BCUT2D eigenvalue weighted by atomic mass is 10.0. The molecule has 1 saturated carbocycles. The molecule has 3 heterocycles. The van der Waals surface area contributed by atoms with Crippen molar-refractivity contribution in [1.82, 2.24) is 15.0 Å². The number of rotatable bonds is 3. The van der Waals surface area contributed by atoms with Crippen molar-refractivity contribution < 1.29 is 4.79 Å². The van der Waals surface area contributed by atoms with Crippen molar-refractivity contribution in [3.8, 4) is 10.7 Å². The van der Waals surface area contributed by atoms with Crippen LogP contribution in [0.4, 0.5) is 11.5 Å². The second kappa shape index (κ2) is 6.12. The zero-order valence-electron chi connectivity index (χ0n) is 14.0. The number of carbonyl (C=O) groups is 1. The monoisotopic (exact) mass is 343 g/mol. The maximum absolute atomic E-state index is 12.8. The first kappa shape index (κ1) is 15.5. The van der Waals surface area contributed by atoms with Gasteiger partial charge in [0.1, 0.15) is 11.7 Å². The van der Waals surface area contributed by atoms with Crippen molar-refractivity contribution in [3.05, 3.63) is 17.9 Å². The minimum absolute atomic E-state index is 0.130. The van der Waals surface area contributed by atoms with Gasteiger partial charge in [-0.3, -0.25) is 9.78 Å². The minimum Gasteiger partial charge on any atom is -0.340 e. The maximum atomic E-state index is 12.8. The van der Waals surface area contributed by atoms with E-state index in [0.29, 0.717) is 11.9 Å². The van der Waals surface area contributed by atoms with Crippen LogP contribution in [0.2, 0.25) is 0 Å². The van der Waals surface area contributed by atoms with E-state index in [-0.39, 0.29) is 11.9 Å². The number of amides is 1. The number of anilines is 2. The van der Waals surface area contributed by atoms with Crippen LogP contribution in [0.15, 0.2) is 17.9 Å². The number of fused-ring (bicyclic) bond motifs is 1. The molecule has 0 bridgehead atoms. The highest BCUT2D eigenvalue weighted by Gasteiger charge is 2.41. The lowest BCUT2D eigenvalue weighted by Gasteiger charge is -2.43. The molecule has 2 aliphatic rings. The Bertz CT molecular complexity index is 741. The fourth-order valence-electron chi connectivity index (χ4n) is 3.83. The van der Waals surface area contributed by atoms with Crippen LogP contribution >= 0.6 is 11.3 Å². The van der Waals surface area contributed by atoms with E-state index < -0.39 is 0 Å². The first-order valence-corrected chi connectivity index (χ1v) is 9.40. The Hall–Kier alpha value is -2.02. The van der Waals surface area contributed by atoms with E-state index in [1.165, 1.54) is 24.2 Å². The van der Waals surface area contributed by atoms with Gasteiger partial charge >= 0.3 is 0 Å². The molecule has 6 nitrogen and oxygen atoms in total. The van der Waals surface area contributed by atoms with E-state index in [1.807, 2.05) is 7.05 Å². The summed E-state index contributed by atoms with van der Waals surface area (Å²) in [5, 5.41) is 0. The van der Waals surface area contributed by atoms with Gasteiger partial charge in [0.25, 0.3) is 0 Å². The van der Waals surface area contributed by atoms with Crippen LogP contribution in [0.25, 0.3) is 10.7 Å². The van der Waals surface area contributed by atoms with Crippen molar-refractivity contribution >= 4 is 28.7 Å². The van der Waals surface area contributed by atoms with Gasteiger partial charge in [-0.15, -0.1) is 11.3 Å². The maximum Gasteiger partial charge on any atom is 0.249 e. The molecule has 1 fully saturated rings. The topological polar surface area (TPSA) is 62.2 Å². The highest BCUT2D eigenvalue weighted by atomic mass is 32.1. The van der Waals surface area contributed by atoms with E-state index in [2.05, 4.69) is 21.8 Å². The van der Waals surface area contributed by atoms with Gasteiger partial charge in [0.05, 0.1) is 16.6 Å². The molecule has 1 aliphatic heterocycles. The highest BCUT2D eigenvalue weighted by Crippen LogP contribution is 2.40. The fraction of sp³-hybridized carbons (Fsp3) is 0.529. The van der Waals surface area contributed by atoms with Crippen LogP contribution in [0.3, 0.4) is 0 Å². The smallest absolute Gasteiger partial charge is 0.249 e. The van der Waals surface area contributed by atoms with E-state index in [1.54, 1.807) is 22.8 Å². The lowest BCUT2D eigenvalue weighted by Crippen LogP contribution is -2.55. The van der Waals surface area contributed by atoms with Crippen molar-refractivity contribution in [1.29, 1.82) is 0 Å². The summed E-state index contributed by atoms with van der Waals surface area (Å²) in [6.45, 7) is 2.08. The summed E-state index contributed by atoms with van der Waals surface area (Å²) in [6.07, 6.45) is 9.08. The minimum atomic E-state index is -0.130. The molecule has 0 aromatic carbocycles. The predicted molar refractivity (Wildman–Crippen MR) is 95.4 cm³/mol. The predicted octanol–water partition coefficient (Wildman–Crippen LogP) is 3.10. The van der Waals surface area contributed by atoms with Crippen LogP contribution in [0.5, 0.6) is 0 Å². The Morgan fingerprint density at radius 2 is 2.08 bits per heavy atom. The number of hydrogen-bond acceptors (Lipinski definition) is 6. The number of thiazole rings is 1. The van der Waals surface area contributed by atoms with E-state index >= 15 is 0 Å². The molecule has 1 amide bonds. The number of aromatic nitrogens is 3. The van der Waals surface area contributed by atoms with Gasteiger partial charge in [-0.1, -0.05) is 19.8 Å². The molecule has 7 heteroatoms. The second-order valence-corrected chi connectivity index (χ2v) is 7.32. The fourth-order valence-corrected chi connectivity index (χ4v) is 4.39. The molecule has 126 valence electrons. The first-order chi connectivity index (χ1) is 11.7. The summed E-state index contributed by atoms with van der Waals surface area (Å²) in [6, 6.07) is 0.269. The van der Waals surface area contributed by atoms with Gasteiger partial charge in [-0.2, -0.15) is 0 Å². The molecule has 1 aliphatic carbocycles. The second-order valence-electron chi connectivity index (χ2n) is 6.43. The molecule has 2 aromatic rings. The van der Waals surface area contributed by atoms with Gasteiger partial charge in [0.2, 0.25) is 5.91 Å². The number of likely N-dealkylation sites (N-methyl/N-ethyl adjacent to an activating group) is 1. The molecule has 1 atom stereocenters. The van der Waals surface area contributed by atoms with Crippen LogP contribution in [0, 0.1) is 0 Å². The number of nitrogens with zero attached hydrogens (tertiary/aromatic N) is 5. The molecule has 2 aromatic heterocycles. The zero-order chi connectivity index (χ0) is 16.7. The third-order valence-corrected chi connectivity index (χ3v) is 5.83. The number of carbonyl (C=O) groups excluding carboxylic acids is 1. The Morgan fingerprint density at radius 3 is 2.75 bits per heavy atom. The third-order valence-electron chi connectivity index (χ3n) is 5.06. The van der Waals surface area contributed by atoms with Gasteiger partial charge < -0.3 is 9.80 Å². The van der Waals surface area contributed by atoms with E-state index in [4.69, 9.17) is 4.98 Å². The average molecular weight is 343 g/mol. The normalized spacial score (nSPS) is 21.4. The van der Waals surface area contributed by atoms with Crippen LogP contribution in [-0.2, 0) is 4.79 Å². The van der Waals surface area contributed by atoms with E-state index in [0.717, 1.165) is 35.6 Å². The van der Waals surface area contributed by atoms with Crippen LogP contribution in [-0.4, -0.2) is 40.0 Å². The molecule has 0 saturated heterocycles. The molecular formula is C17H21N5OS. The molecule has 0 radical (unpaired) electrons. The van der Waals surface area contributed by atoms with Crippen molar-refractivity contribution in [2.75, 3.05) is 16.8 Å². The summed E-state index contributed by atoms with van der Waals surface area (Å²) >= 11 is 1.53.